The molecule has 0 bridgehead atoms. The van der Waals surface area contributed by atoms with E-state index >= 15 is 0 Å². The van der Waals surface area contributed by atoms with Crippen molar-refractivity contribution in [2.45, 2.75) is 13.1 Å². The lowest BCUT2D eigenvalue weighted by atomic mass is 10.2. The third kappa shape index (κ3) is 6.98. The molecule has 0 unspecified atom stereocenters. The summed E-state index contributed by atoms with van der Waals surface area (Å²) in [6.07, 6.45) is 1.63. The van der Waals surface area contributed by atoms with Crippen molar-refractivity contribution in [1.29, 1.82) is 0 Å². The molecule has 0 aliphatic rings. The van der Waals surface area contributed by atoms with Gasteiger partial charge in [0.2, 0.25) is 5.88 Å². The quantitative estimate of drug-likeness (QED) is 0.243. The number of rotatable bonds is 8. The van der Waals surface area contributed by atoms with E-state index in [1.165, 1.54) is 12.1 Å². The smallest absolute Gasteiger partial charge is 0.224 e. The van der Waals surface area contributed by atoms with E-state index in [1.807, 2.05) is 30.3 Å². The fourth-order valence-corrected chi connectivity index (χ4v) is 2.87. The molecule has 0 spiro atoms. The first-order valence-electron chi connectivity index (χ1n) is 9.65. The molecule has 7 nitrogen and oxygen atoms in total. The number of hydrogen-bond acceptors (Lipinski definition) is 5. The largest absolute Gasteiger partial charge is 0.497 e. The molecule has 0 fully saturated rings. The highest BCUT2D eigenvalue weighted by molar-refractivity contribution is 14.0. The van der Waals surface area contributed by atoms with Gasteiger partial charge in [-0.05, 0) is 30.3 Å². The molecular formula is C23H26FIN4O3. The van der Waals surface area contributed by atoms with Crippen molar-refractivity contribution in [3.05, 3.63) is 77.7 Å². The van der Waals surface area contributed by atoms with Crippen LogP contribution in [-0.2, 0) is 13.1 Å². The van der Waals surface area contributed by atoms with Crippen molar-refractivity contribution in [3.63, 3.8) is 0 Å². The predicted molar refractivity (Wildman–Crippen MR) is 133 cm³/mol. The second-order valence-corrected chi connectivity index (χ2v) is 6.48. The Balaban J connectivity index is 0.00000363. The molecule has 9 heteroatoms. The van der Waals surface area contributed by atoms with Gasteiger partial charge in [-0.1, -0.05) is 12.1 Å². The van der Waals surface area contributed by atoms with Gasteiger partial charge in [0.1, 0.15) is 23.1 Å². The second-order valence-electron chi connectivity index (χ2n) is 6.48. The number of benzene rings is 2. The number of nitrogens with one attached hydrogen (secondary N) is 2. The highest BCUT2D eigenvalue weighted by Gasteiger charge is 2.09. The fourth-order valence-electron chi connectivity index (χ4n) is 2.87. The fraction of sp³-hybridized carbons (Fsp3) is 0.217. The zero-order valence-electron chi connectivity index (χ0n) is 18.1. The number of guanidine groups is 1. The van der Waals surface area contributed by atoms with Gasteiger partial charge in [-0.3, -0.25) is 4.99 Å². The third-order valence-electron chi connectivity index (χ3n) is 4.47. The van der Waals surface area contributed by atoms with E-state index in [1.54, 1.807) is 39.6 Å². The van der Waals surface area contributed by atoms with Crippen LogP contribution in [0.5, 0.6) is 23.1 Å². The van der Waals surface area contributed by atoms with Crippen molar-refractivity contribution >= 4 is 29.9 Å². The Kier molecular flexibility index (Phi) is 9.99. The zero-order chi connectivity index (χ0) is 22.1. The van der Waals surface area contributed by atoms with Crippen LogP contribution in [-0.4, -0.2) is 32.2 Å². The van der Waals surface area contributed by atoms with E-state index in [0.29, 0.717) is 30.7 Å². The van der Waals surface area contributed by atoms with Gasteiger partial charge in [-0.15, -0.1) is 24.0 Å². The summed E-state index contributed by atoms with van der Waals surface area (Å²) >= 11 is 0. The van der Waals surface area contributed by atoms with Crippen molar-refractivity contribution in [2.24, 2.45) is 4.99 Å². The van der Waals surface area contributed by atoms with E-state index < -0.39 is 0 Å². The van der Waals surface area contributed by atoms with E-state index in [9.17, 15) is 4.39 Å². The first-order valence-corrected chi connectivity index (χ1v) is 9.65. The second kappa shape index (κ2) is 12.7. The minimum Gasteiger partial charge on any atom is -0.497 e. The maximum absolute atomic E-state index is 13.4. The van der Waals surface area contributed by atoms with Gasteiger partial charge in [0, 0.05) is 49.6 Å². The summed E-state index contributed by atoms with van der Waals surface area (Å²) < 4.78 is 29.9. The van der Waals surface area contributed by atoms with Gasteiger partial charge < -0.3 is 24.8 Å². The summed E-state index contributed by atoms with van der Waals surface area (Å²) in [5.74, 6) is 2.46. The van der Waals surface area contributed by atoms with Crippen LogP contribution in [0.4, 0.5) is 4.39 Å². The van der Waals surface area contributed by atoms with E-state index in [0.717, 1.165) is 22.6 Å². The van der Waals surface area contributed by atoms with Gasteiger partial charge in [-0.2, -0.15) is 0 Å². The summed E-state index contributed by atoms with van der Waals surface area (Å²) in [7, 11) is 4.92. The summed E-state index contributed by atoms with van der Waals surface area (Å²) in [4.78, 5) is 8.52. The number of pyridine rings is 1. The molecular weight excluding hydrogens is 526 g/mol. The maximum atomic E-state index is 13.4. The highest BCUT2D eigenvalue weighted by atomic mass is 127. The van der Waals surface area contributed by atoms with Gasteiger partial charge in [0.15, 0.2) is 5.96 Å². The van der Waals surface area contributed by atoms with Crippen molar-refractivity contribution in [1.82, 2.24) is 15.6 Å². The number of nitrogens with zero attached hydrogens (tertiary/aromatic N) is 2. The van der Waals surface area contributed by atoms with Crippen LogP contribution < -0.4 is 24.8 Å². The molecule has 0 aliphatic carbocycles. The lowest BCUT2D eigenvalue weighted by Gasteiger charge is -2.15. The van der Waals surface area contributed by atoms with Gasteiger partial charge in [0.25, 0.3) is 0 Å². The average Bonchev–Trinajstić information content (AvgIpc) is 2.80. The molecule has 0 radical (unpaired) electrons. The Labute approximate surface area is 204 Å². The van der Waals surface area contributed by atoms with E-state index in [-0.39, 0.29) is 29.8 Å². The lowest BCUT2D eigenvalue weighted by Crippen LogP contribution is -2.36. The maximum Gasteiger partial charge on any atom is 0.224 e. The van der Waals surface area contributed by atoms with Crippen LogP contribution in [0.2, 0.25) is 0 Å². The summed E-state index contributed by atoms with van der Waals surface area (Å²) in [6, 6.07) is 15.3. The van der Waals surface area contributed by atoms with Gasteiger partial charge in [-0.25, -0.2) is 9.37 Å². The Morgan fingerprint density at radius 3 is 2.41 bits per heavy atom. The monoisotopic (exact) mass is 552 g/mol. The Morgan fingerprint density at radius 2 is 1.72 bits per heavy atom. The number of hydrogen-bond donors (Lipinski definition) is 2. The summed E-state index contributed by atoms with van der Waals surface area (Å²) in [5, 5.41) is 6.48. The number of ether oxygens (including phenoxy) is 3. The Hall–Kier alpha value is -3.08. The third-order valence-corrected chi connectivity index (χ3v) is 4.47. The molecule has 0 aliphatic heterocycles. The lowest BCUT2D eigenvalue weighted by molar-refractivity contribution is 0.390. The van der Waals surface area contributed by atoms with E-state index in [2.05, 4.69) is 20.6 Å². The van der Waals surface area contributed by atoms with Gasteiger partial charge >= 0.3 is 0 Å². The van der Waals surface area contributed by atoms with Crippen LogP contribution in [0, 0.1) is 5.82 Å². The number of aliphatic imine (C=N–C) groups is 1. The SMILES string of the molecule is CN=C(NCc1ccc(OC)cc1OC)NCc1cccnc1Oc1cccc(F)c1.I. The molecule has 3 rings (SSSR count). The topological polar surface area (TPSA) is 77.0 Å². The molecule has 0 atom stereocenters. The van der Waals surface area contributed by atoms with Crippen LogP contribution >= 0.6 is 24.0 Å². The molecule has 2 aromatic carbocycles. The molecule has 1 aromatic heterocycles. The first-order chi connectivity index (χ1) is 15.1. The molecule has 0 saturated carbocycles. The zero-order valence-corrected chi connectivity index (χ0v) is 20.4. The normalized spacial score (nSPS) is 10.7. The number of methoxy groups -OCH3 is 2. The standard InChI is InChI=1S/C23H25FN4O3.HI/c1-25-23(27-14-16-9-10-19(29-2)13-21(16)30-3)28-15-17-6-5-11-26-22(17)31-20-8-4-7-18(24)12-20;/h4-13H,14-15H2,1-3H3,(H2,25,27,28);1H. The minimum atomic E-state index is -0.369. The number of halogens is 2. The van der Waals surface area contributed by atoms with Crippen LogP contribution in [0.3, 0.4) is 0 Å². The van der Waals surface area contributed by atoms with Crippen LogP contribution in [0.25, 0.3) is 0 Å². The summed E-state index contributed by atoms with van der Waals surface area (Å²) in [5.41, 5.74) is 1.76. The average molecular weight is 552 g/mol. The summed E-state index contributed by atoms with van der Waals surface area (Å²) in [6.45, 7) is 0.921. The van der Waals surface area contributed by atoms with Gasteiger partial charge in [0.05, 0.1) is 14.2 Å². The molecule has 1 heterocycles. The van der Waals surface area contributed by atoms with Crippen molar-refractivity contribution in [3.8, 4) is 23.1 Å². The van der Waals surface area contributed by atoms with Crippen molar-refractivity contribution in [2.75, 3.05) is 21.3 Å². The molecule has 2 N–H and O–H groups in total. The molecule has 0 saturated heterocycles. The Morgan fingerprint density at radius 1 is 0.938 bits per heavy atom. The molecule has 170 valence electrons. The van der Waals surface area contributed by atoms with Crippen LogP contribution in [0.1, 0.15) is 11.1 Å². The van der Waals surface area contributed by atoms with Crippen LogP contribution in [0.15, 0.2) is 65.8 Å². The first kappa shape index (κ1) is 25.2. The Bertz CT molecular complexity index is 1050. The highest BCUT2D eigenvalue weighted by Crippen LogP contribution is 2.25. The predicted octanol–water partition coefficient (Wildman–Crippen LogP) is 4.51. The number of aromatic nitrogens is 1. The molecule has 32 heavy (non-hydrogen) atoms. The van der Waals surface area contributed by atoms with Crippen molar-refractivity contribution < 1.29 is 18.6 Å². The minimum absolute atomic E-state index is 0. The molecule has 0 amide bonds. The molecule has 3 aromatic rings. The van der Waals surface area contributed by atoms with E-state index in [4.69, 9.17) is 14.2 Å².